The van der Waals surface area contributed by atoms with Crippen LogP contribution in [0.25, 0.3) is 17.3 Å². The second kappa shape index (κ2) is 8.79. The molecule has 4 rings (SSSR count). The maximum Gasteiger partial charge on any atom is 0.150 e. The Morgan fingerprint density at radius 1 is 1.23 bits per heavy atom. The minimum atomic E-state index is -0.158. The van der Waals surface area contributed by atoms with Crippen LogP contribution in [0.15, 0.2) is 48.0 Å². The van der Waals surface area contributed by atoms with Gasteiger partial charge in [0.15, 0.2) is 0 Å². The van der Waals surface area contributed by atoms with Crippen molar-refractivity contribution in [2.45, 2.75) is 20.5 Å². The van der Waals surface area contributed by atoms with Crippen molar-refractivity contribution in [2.24, 2.45) is 4.99 Å². The number of aliphatic hydroxyl groups is 1. The average Bonchev–Trinajstić information content (AvgIpc) is 3.40. The first kappa shape index (κ1) is 20.9. The third-order valence-electron chi connectivity index (χ3n) is 5.50. The largest absolute Gasteiger partial charge is 0.494 e. The van der Waals surface area contributed by atoms with Gasteiger partial charge < -0.3 is 25.1 Å². The van der Waals surface area contributed by atoms with E-state index in [1.807, 2.05) is 37.3 Å². The van der Waals surface area contributed by atoms with Crippen molar-refractivity contribution in [1.29, 1.82) is 0 Å². The summed E-state index contributed by atoms with van der Waals surface area (Å²) in [6, 6.07) is 10.2. The van der Waals surface area contributed by atoms with E-state index >= 15 is 0 Å². The second-order valence-corrected chi connectivity index (χ2v) is 7.65. The van der Waals surface area contributed by atoms with Crippen LogP contribution in [0.2, 0.25) is 0 Å². The molecule has 6 nitrogen and oxygen atoms in total. The third kappa shape index (κ3) is 3.87. The Morgan fingerprint density at radius 3 is 2.71 bits per heavy atom. The number of hydrogen-bond acceptors (Lipinski definition) is 4. The lowest BCUT2D eigenvalue weighted by atomic mass is 10.1. The standard InChI is InChI=1S/C25H28N4O2/c1-5-10-26-13-18-17-8-6-7-9-20(17)28-23(18)24-19(14-30)25(31-4)22(29-24)12-21-15(2)11-16(3)27-21/h5-9,11-12,26-27,29-30H,1,10,13-14H2,2-4H3/b22-12-,24-23-. The van der Waals surface area contributed by atoms with Crippen LogP contribution in [0.1, 0.15) is 22.5 Å². The summed E-state index contributed by atoms with van der Waals surface area (Å²) >= 11 is 0. The Balaban J connectivity index is 2.01. The van der Waals surface area contributed by atoms with Crippen LogP contribution in [0, 0.1) is 13.8 Å². The first-order valence-corrected chi connectivity index (χ1v) is 10.3. The minimum absolute atomic E-state index is 0.158. The average molecular weight is 417 g/mol. The SMILES string of the molecule is C=CCNCC1=c2ccccc2=N/C1=c1\[nH]/c(=C\c2[nH]c(C)cc2C)c(OC)c1CO. The van der Waals surface area contributed by atoms with Gasteiger partial charge in [-0.1, -0.05) is 24.3 Å². The van der Waals surface area contributed by atoms with Gasteiger partial charge >= 0.3 is 0 Å². The van der Waals surface area contributed by atoms with Gasteiger partial charge in [0.2, 0.25) is 0 Å². The monoisotopic (exact) mass is 416 g/mol. The highest BCUT2D eigenvalue weighted by Gasteiger charge is 2.19. The van der Waals surface area contributed by atoms with Gasteiger partial charge in [-0.05, 0) is 37.6 Å². The molecule has 0 aliphatic carbocycles. The molecule has 0 unspecified atom stereocenters. The first-order chi connectivity index (χ1) is 15.1. The molecule has 1 aliphatic heterocycles. The van der Waals surface area contributed by atoms with Crippen molar-refractivity contribution >= 4 is 17.3 Å². The molecule has 0 amide bonds. The van der Waals surface area contributed by atoms with E-state index in [9.17, 15) is 5.11 Å². The molecule has 0 fully saturated rings. The predicted octanol–water partition coefficient (Wildman–Crippen LogP) is 0.657. The second-order valence-electron chi connectivity index (χ2n) is 7.65. The summed E-state index contributed by atoms with van der Waals surface area (Å²) in [7, 11) is 1.62. The molecule has 0 bridgehead atoms. The van der Waals surface area contributed by atoms with Crippen LogP contribution >= 0.6 is 0 Å². The van der Waals surface area contributed by atoms with Gasteiger partial charge in [0.1, 0.15) is 5.75 Å². The fourth-order valence-corrected chi connectivity index (χ4v) is 4.10. The number of nitrogens with one attached hydrogen (secondary N) is 3. The van der Waals surface area contributed by atoms with Gasteiger partial charge in [-0.25, -0.2) is 4.99 Å². The minimum Gasteiger partial charge on any atom is -0.494 e. The van der Waals surface area contributed by atoms with Crippen molar-refractivity contribution in [3.8, 4) is 5.75 Å². The summed E-state index contributed by atoms with van der Waals surface area (Å²) in [5, 5.41) is 17.2. The molecule has 0 saturated carbocycles. The number of aromatic amines is 2. The van der Waals surface area contributed by atoms with Crippen molar-refractivity contribution in [1.82, 2.24) is 15.3 Å². The molecule has 6 heteroatoms. The summed E-state index contributed by atoms with van der Waals surface area (Å²) < 4.78 is 5.71. The number of aryl methyl sites for hydroxylation is 2. The maximum absolute atomic E-state index is 10.2. The molecule has 0 radical (unpaired) electrons. The summed E-state index contributed by atoms with van der Waals surface area (Å²) in [4.78, 5) is 11.7. The lowest BCUT2D eigenvalue weighted by Crippen LogP contribution is -2.27. The number of fused-ring (bicyclic) bond motifs is 1. The Morgan fingerprint density at radius 2 is 2.03 bits per heavy atom. The third-order valence-corrected chi connectivity index (χ3v) is 5.50. The lowest BCUT2D eigenvalue weighted by molar-refractivity contribution is 0.273. The Hall–Kier alpha value is -3.35. The van der Waals surface area contributed by atoms with E-state index in [-0.39, 0.29) is 6.61 Å². The number of nitrogens with zero attached hydrogens (tertiary/aromatic N) is 1. The quantitative estimate of drug-likeness (QED) is 0.337. The number of aromatic nitrogens is 2. The van der Waals surface area contributed by atoms with Gasteiger partial charge in [-0.2, -0.15) is 0 Å². The van der Waals surface area contributed by atoms with E-state index in [1.54, 1.807) is 7.11 Å². The molecule has 3 aromatic rings. The zero-order chi connectivity index (χ0) is 22.0. The fraction of sp³-hybridized carbons (Fsp3) is 0.240. The Kier molecular flexibility index (Phi) is 5.93. The molecule has 3 heterocycles. The highest BCUT2D eigenvalue weighted by Crippen LogP contribution is 2.17. The Labute approximate surface area is 181 Å². The predicted molar refractivity (Wildman–Crippen MR) is 123 cm³/mol. The van der Waals surface area contributed by atoms with E-state index < -0.39 is 0 Å². The van der Waals surface area contributed by atoms with E-state index in [4.69, 9.17) is 9.73 Å². The molecule has 0 spiro atoms. The van der Waals surface area contributed by atoms with Crippen LogP contribution in [-0.2, 0) is 6.61 Å². The van der Waals surface area contributed by atoms with Gasteiger partial charge in [-0.3, -0.25) is 0 Å². The van der Waals surface area contributed by atoms with Crippen LogP contribution in [-0.4, -0.2) is 35.3 Å². The number of ether oxygens (including phenoxy) is 1. The fourth-order valence-electron chi connectivity index (χ4n) is 4.10. The lowest BCUT2D eigenvalue weighted by Gasteiger charge is -2.06. The van der Waals surface area contributed by atoms with Gasteiger partial charge in [0.25, 0.3) is 0 Å². The number of aliphatic hydroxyl groups excluding tert-OH is 1. The number of methoxy groups -OCH3 is 1. The van der Waals surface area contributed by atoms with Crippen molar-refractivity contribution in [3.63, 3.8) is 0 Å². The van der Waals surface area contributed by atoms with Gasteiger partial charge in [-0.15, -0.1) is 6.58 Å². The normalized spacial score (nSPS) is 15.2. The van der Waals surface area contributed by atoms with Crippen LogP contribution in [0.4, 0.5) is 0 Å². The van der Waals surface area contributed by atoms with Gasteiger partial charge in [0.05, 0.1) is 35.5 Å². The van der Waals surface area contributed by atoms with E-state index in [1.165, 1.54) is 0 Å². The Bertz CT molecular complexity index is 1380. The van der Waals surface area contributed by atoms with E-state index in [0.29, 0.717) is 24.4 Å². The maximum atomic E-state index is 10.2. The molecule has 1 aliphatic rings. The van der Waals surface area contributed by atoms with E-state index in [0.717, 1.165) is 49.5 Å². The highest BCUT2D eigenvalue weighted by molar-refractivity contribution is 5.90. The molecular weight excluding hydrogens is 388 g/mol. The molecule has 2 aromatic heterocycles. The zero-order valence-electron chi connectivity index (χ0n) is 18.2. The topological polar surface area (TPSA) is 85.4 Å². The van der Waals surface area contributed by atoms with Crippen molar-refractivity contribution in [3.05, 3.63) is 86.8 Å². The van der Waals surface area contributed by atoms with Gasteiger partial charge in [0, 0.05) is 40.8 Å². The smallest absolute Gasteiger partial charge is 0.150 e. The number of hydrogen-bond donors (Lipinski definition) is 4. The van der Waals surface area contributed by atoms with Crippen LogP contribution < -0.4 is 31.3 Å². The molecule has 160 valence electrons. The number of rotatable bonds is 7. The van der Waals surface area contributed by atoms with Crippen LogP contribution in [0.5, 0.6) is 5.75 Å². The molecular formula is C25H28N4O2. The molecule has 4 N–H and O–H groups in total. The number of para-hydroxylation sites is 1. The molecule has 0 atom stereocenters. The molecule has 1 aromatic carbocycles. The number of H-pyrrole nitrogens is 2. The van der Waals surface area contributed by atoms with E-state index in [2.05, 4.69) is 40.9 Å². The summed E-state index contributed by atoms with van der Waals surface area (Å²) in [6.45, 7) is 9.06. The summed E-state index contributed by atoms with van der Waals surface area (Å²) in [6.07, 6.45) is 3.85. The molecule has 0 saturated heterocycles. The number of benzene rings is 1. The summed E-state index contributed by atoms with van der Waals surface area (Å²) in [5.74, 6) is 0.626. The summed E-state index contributed by atoms with van der Waals surface area (Å²) in [5.41, 5.74) is 5.84. The highest BCUT2D eigenvalue weighted by atomic mass is 16.5. The van der Waals surface area contributed by atoms with Crippen molar-refractivity contribution < 1.29 is 9.84 Å². The van der Waals surface area contributed by atoms with Crippen LogP contribution in [0.3, 0.4) is 0 Å². The molecule has 31 heavy (non-hydrogen) atoms. The zero-order valence-corrected chi connectivity index (χ0v) is 18.2. The van der Waals surface area contributed by atoms with Crippen molar-refractivity contribution in [2.75, 3.05) is 20.2 Å². The first-order valence-electron chi connectivity index (χ1n) is 10.3.